The van der Waals surface area contributed by atoms with Gasteiger partial charge in [0.15, 0.2) is 0 Å². The lowest BCUT2D eigenvalue weighted by molar-refractivity contribution is -0.142. The molecule has 37 heavy (non-hydrogen) atoms. The molecular weight excluding hydrogens is 460 g/mol. The van der Waals surface area contributed by atoms with Gasteiger partial charge in [-0.3, -0.25) is 9.59 Å². The number of hydrogen-bond donors (Lipinski definition) is 1. The number of nitrogens with one attached hydrogen (secondary N) is 1. The van der Waals surface area contributed by atoms with Crippen LogP contribution in [0.25, 0.3) is 0 Å². The molecule has 1 unspecified atom stereocenters. The van der Waals surface area contributed by atoms with Gasteiger partial charge in [-0.25, -0.2) is 0 Å². The Bertz CT molecular complexity index is 1130. The number of carbonyl (C=O) groups is 2. The molecule has 0 bridgehead atoms. The number of nitrogens with zero attached hydrogens (tertiary/aromatic N) is 1. The highest BCUT2D eigenvalue weighted by molar-refractivity contribution is 5.88. The van der Waals surface area contributed by atoms with Crippen molar-refractivity contribution in [2.75, 3.05) is 6.61 Å². The molecular formula is C32H40N2O3. The van der Waals surface area contributed by atoms with Gasteiger partial charge in [-0.1, -0.05) is 77.9 Å². The third-order valence-electron chi connectivity index (χ3n) is 6.07. The fraction of sp³-hybridized carbons (Fsp3) is 0.375. The largest absolute Gasteiger partial charge is 0.494 e. The summed E-state index contributed by atoms with van der Waals surface area (Å²) in [6, 6.07) is 25.3. The normalized spacial score (nSPS) is 12.0. The standard InChI is InChI=1S/C32H40N2O3/c1-24-13-17-27(18-14-24)23-34(30(35)12-9-21-37-28-19-15-25(2)16-20-28)29(31(36)33-32(3,4)5)22-26-10-7-6-8-11-26/h6-8,10-11,13-20,29H,9,12,21-23H2,1-5H3,(H,33,36). The molecule has 0 aromatic heterocycles. The van der Waals surface area contributed by atoms with Crippen LogP contribution < -0.4 is 10.1 Å². The van der Waals surface area contributed by atoms with Crippen molar-refractivity contribution in [2.45, 2.75) is 72.0 Å². The molecule has 0 fully saturated rings. The third kappa shape index (κ3) is 9.41. The molecule has 1 atom stereocenters. The van der Waals surface area contributed by atoms with Gasteiger partial charge in [0.25, 0.3) is 0 Å². The summed E-state index contributed by atoms with van der Waals surface area (Å²) in [6.07, 6.45) is 1.31. The maximum Gasteiger partial charge on any atom is 0.243 e. The predicted octanol–water partition coefficient (Wildman–Crippen LogP) is 6.02. The van der Waals surface area contributed by atoms with Gasteiger partial charge < -0.3 is 15.0 Å². The van der Waals surface area contributed by atoms with Crippen molar-refractivity contribution in [2.24, 2.45) is 0 Å². The Labute approximate surface area is 221 Å². The summed E-state index contributed by atoms with van der Waals surface area (Å²) in [6.45, 7) is 10.7. The molecule has 5 heteroatoms. The number of aryl methyl sites for hydroxylation is 2. The van der Waals surface area contributed by atoms with Gasteiger partial charge in [0, 0.05) is 24.9 Å². The van der Waals surface area contributed by atoms with Crippen molar-refractivity contribution < 1.29 is 14.3 Å². The summed E-state index contributed by atoms with van der Waals surface area (Å²) >= 11 is 0. The van der Waals surface area contributed by atoms with E-state index in [9.17, 15) is 9.59 Å². The average Bonchev–Trinajstić information content (AvgIpc) is 2.85. The summed E-state index contributed by atoms with van der Waals surface area (Å²) in [5.41, 5.74) is 3.93. The van der Waals surface area contributed by atoms with Crippen molar-refractivity contribution >= 4 is 11.8 Å². The van der Waals surface area contributed by atoms with E-state index in [4.69, 9.17) is 4.74 Å². The van der Waals surface area contributed by atoms with Gasteiger partial charge in [-0.2, -0.15) is 0 Å². The van der Waals surface area contributed by atoms with E-state index in [0.717, 1.165) is 22.4 Å². The second kappa shape index (κ2) is 13.1. The topological polar surface area (TPSA) is 58.6 Å². The number of hydrogen-bond acceptors (Lipinski definition) is 3. The minimum absolute atomic E-state index is 0.0573. The van der Waals surface area contributed by atoms with E-state index >= 15 is 0 Å². The van der Waals surface area contributed by atoms with Gasteiger partial charge in [0.2, 0.25) is 11.8 Å². The monoisotopic (exact) mass is 500 g/mol. The molecule has 0 aliphatic carbocycles. The zero-order valence-corrected chi connectivity index (χ0v) is 22.8. The SMILES string of the molecule is Cc1ccc(CN(C(=O)CCCOc2ccc(C)cc2)C(Cc2ccccc2)C(=O)NC(C)(C)C)cc1. The summed E-state index contributed by atoms with van der Waals surface area (Å²) in [4.78, 5) is 29.0. The number of carbonyl (C=O) groups excluding carboxylic acids is 2. The van der Waals surface area contributed by atoms with E-state index in [1.165, 1.54) is 5.56 Å². The molecule has 0 heterocycles. The van der Waals surface area contributed by atoms with Crippen LogP contribution in [-0.4, -0.2) is 34.9 Å². The smallest absolute Gasteiger partial charge is 0.243 e. The van der Waals surface area contributed by atoms with Crippen molar-refractivity contribution in [1.29, 1.82) is 0 Å². The highest BCUT2D eigenvalue weighted by Crippen LogP contribution is 2.18. The Hall–Kier alpha value is -3.60. The first-order valence-electron chi connectivity index (χ1n) is 13.0. The quantitative estimate of drug-likeness (QED) is 0.328. The molecule has 0 spiro atoms. The third-order valence-corrected chi connectivity index (χ3v) is 6.07. The van der Waals surface area contributed by atoms with Crippen molar-refractivity contribution in [3.05, 3.63) is 101 Å². The van der Waals surface area contributed by atoms with Crippen molar-refractivity contribution in [3.63, 3.8) is 0 Å². The Morgan fingerprint density at radius 2 is 1.43 bits per heavy atom. The highest BCUT2D eigenvalue weighted by Gasteiger charge is 2.32. The van der Waals surface area contributed by atoms with E-state index in [2.05, 4.69) is 5.32 Å². The molecule has 196 valence electrons. The van der Waals surface area contributed by atoms with Crippen LogP contribution in [0.5, 0.6) is 5.75 Å². The highest BCUT2D eigenvalue weighted by atomic mass is 16.5. The van der Waals surface area contributed by atoms with Crippen LogP contribution in [0.3, 0.4) is 0 Å². The first-order chi connectivity index (χ1) is 17.6. The van der Waals surface area contributed by atoms with Gasteiger partial charge in [-0.15, -0.1) is 0 Å². The lowest BCUT2D eigenvalue weighted by Crippen LogP contribution is -2.54. The zero-order valence-electron chi connectivity index (χ0n) is 22.8. The van der Waals surface area contributed by atoms with Gasteiger partial charge in [-0.05, 0) is 64.3 Å². The predicted molar refractivity (Wildman–Crippen MR) is 149 cm³/mol. The van der Waals surface area contributed by atoms with Gasteiger partial charge in [0.05, 0.1) is 6.61 Å². The molecule has 3 aromatic carbocycles. The molecule has 3 aromatic rings. The van der Waals surface area contributed by atoms with E-state index in [0.29, 0.717) is 32.4 Å². The first kappa shape index (κ1) is 28.0. The Morgan fingerprint density at radius 1 is 0.838 bits per heavy atom. The van der Waals surface area contributed by atoms with Crippen LogP contribution in [-0.2, 0) is 22.6 Å². The van der Waals surface area contributed by atoms with E-state index < -0.39 is 11.6 Å². The average molecular weight is 501 g/mol. The lowest BCUT2D eigenvalue weighted by Gasteiger charge is -2.34. The van der Waals surface area contributed by atoms with Crippen LogP contribution in [0, 0.1) is 13.8 Å². The molecule has 0 saturated heterocycles. The van der Waals surface area contributed by atoms with Crippen LogP contribution in [0.15, 0.2) is 78.9 Å². The number of ether oxygens (including phenoxy) is 1. The van der Waals surface area contributed by atoms with Gasteiger partial charge in [0.1, 0.15) is 11.8 Å². The fourth-order valence-corrected chi connectivity index (χ4v) is 4.09. The minimum Gasteiger partial charge on any atom is -0.494 e. The number of rotatable bonds is 11. The van der Waals surface area contributed by atoms with Crippen LogP contribution in [0.4, 0.5) is 0 Å². The van der Waals surface area contributed by atoms with Gasteiger partial charge >= 0.3 is 0 Å². The molecule has 0 radical (unpaired) electrons. The summed E-state index contributed by atoms with van der Waals surface area (Å²) in [5.74, 6) is 0.590. The summed E-state index contributed by atoms with van der Waals surface area (Å²) in [5, 5.41) is 3.11. The van der Waals surface area contributed by atoms with Crippen molar-refractivity contribution in [3.8, 4) is 5.75 Å². The fourth-order valence-electron chi connectivity index (χ4n) is 4.09. The molecule has 0 aliphatic heterocycles. The molecule has 1 N–H and O–H groups in total. The lowest BCUT2D eigenvalue weighted by atomic mass is 10.00. The van der Waals surface area contributed by atoms with E-state index in [-0.39, 0.29) is 11.8 Å². The molecule has 2 amide bonds. The maximum atomic E-state index is 13.7. The molecule has 0 aliphatic rings. The Kier molecular flexibility index (Phi) is 9.90. The zero-order chi connectivity index (χ0) is 26.8. The van der Waals surface area contributed by atoms with Crippen LogP contribution in [0.2, 0.25) is 0 Å². The Balaban J connectivity index is 1.80. The second-order valence-electron chi connectivity index (χ2n) is 10.7. The summed E-state index contributed by atoms with van der Waals surface area (Å²) < 4.78 is 5.84. The minimum atomic E-state index is -0.631. The second-order valence-corrected chi connectivity index (χ2v) is 10.7. The van der Waals surface area contributed by atoms with Crippen LogP contribution in [0.1, 0.15) is 55.9 Å². The molecule has 5 nitrogen and oxygen atoms in total. The van der Waals surface area contributed by atoms with Crippen molar-refractivity contribution in [1.82, 2.24) is 10.2 Å². The Morgan fingerprint density at radius 3 is 2.03 bits per heavy atom. The van der Waals surface area contributed by atoms with E-state index in [1.807, 2.05) is 113 Å². The maximum absolute atomic E-state index is 13.7. The number of benzene rings is 3. The summed E-state index contributed by atoms with van der Waals surface area (Å²) in [7, 11) is 0. The first-order valence-corrected chi connectivity index (χ1v) is 13.0. The van der Waals surface area contributed by atoms with E-state index in [1.54, 1.807) is 4.90 Å². The molecule has 3 rings (SSSR count). The van der Waals surface area contributed by atoms with Crippen LogP contribution >= 0.6 is 0 Å². The number of amides is 2. The molecule has 0 saturated carbocycles.